The lowest BCUT2D eigenvalue weighted by Crippen LogP contribution is -2.31. The lowest BCUT2D eigenvalue weighted by atomic mass is 10.2. The van der Waals surface area contributed by atoms with Crippen LogP contribution in [0.25, 0.3) is 0 Å². The van der Waals surface area contributed by atoms with Crippen LogP contribution in [0.15, 0.2) is 11.8 Å². The van der Waals surface area contributed by atoms with Gasteiger partial charge in [0.05, 0.1) is 0 Å². The van der Waals surface area contributed by atoms with Gasteiger partial charge in [-0.3, -0.25) is 0 Å². The van der Waals surface area contributed by atoms with E-state index in [9.17, 15) is 0 Å². The van der Waals surface area contributed by atoms with Crippen LogP contribution in [-0.4, -0.2) is 19.0 Å². The molecule has 0 aromatic carbocycles. The number of hydrogen-bond donors (Lipinski definition) is 2. The molecular weight excluding hydrogens is 152 g/mol. The third-order valence-corrected chi connectivity index (χ3v) is 1.90. The average Bonchev–Trinajstić information content (AvgIpc) is 2.16. The van der Waals surface area contributed by atoms with Crippen LogP contribution in [0.5, 0.6) is 0 Å². The lowest BCUT2D eigenvalue weighted by molar-refractivity contribution is 0.00329. The van der Waals surface area contributed by atoms with Crippen molar-refractivity contribution in [2.24, 2.45) is 0 Å². The van der Waals surface area contributed by atoms with Crippen molar-refractivity contribution in [3.8, 4) is 0 Å². The molecule has 2 N–H and O–H groups in total. The molecule has 1 fully saturated rings. The number of nitrogens with one attached hydrogen (secondary N) is 2. The summed E-state index contributed by atoms with van der Waals surface area (Å²) >= 11 is 0. The minimum Gasteiger partial charge on any atom is -0.366 e. The highest BCUT2D eigenvalue weighted by Gasteiger charge is 2.10. The molecule has 1 saturated heterocycles. The maximum atomic E-state index is 6.95. The molecule has 0 aromatic rings. The maximum Gasteiger partial charge on any atom is 0.127 e. The lowest BCUT2D eigenvalue weighted by Gasteiger charge is -2.22. The fourth-order valence-electron chi connectivity index (χ4n) is 1.14. The topological polar surface area (TPSA) is 45.1 Å². The summed E-state index contributed by atoms with van der Waals surface area (Å²) in [5.74, 6) is 0. The molecule has 1 aliphatic rings. The molecule has 1 rings (SSSR count). The van der Waals surface area contributed by atoms with Gasteiger partial charge in [0, 0.05) is 19.0 Å². The monoisotopic (exact) mass is 168 g/mol. The fourth-order valence-corrected chi connectivity index (χ4v) is 1.14. The van der Waals surface area contributed by atoms with E-state index >= 15 is 0 Å². The SMILES string of the molecule is C/C(C=N)=C/NC1CCCCO1. The molecule has 68 valence electrons. The summed E-state index contributed by atoms with van der Waals surface area (Å²) in [6, 6.07) is 0. The minimum absolute atomic E-state index is 0.161. The third kappa shape index (κ3) is 3.05. The molecule has 12 heavy (non-hydrogen) atoms. The van der Waals surface area contributed by atoms with Crippen LogP contribution in [0, 0.1) is 5.41 Å². The summed E-state index contributed by atoms with van der Waals surface area (Å²) in [4.78, 5) is 0. The number of allylic oxidation sites excluding steroid dienone is 1. The molecule has 0 radical (unpaired) electrons. The Balaban J connectivity index is 2.25. The third-order valence-electron chi connectivity index (χ3n) is 1.90. The summed E-state index contributed by atoms with van der Waals surface area (Å²) in [5.41, 5.74) is 0.921. The first kappa shape index (κ1) is 9.26. The molecule has 1 atom stereocenters. The van der Waals surface area contributed by atoms with Gasteiger partial charge in [-0.1, -0.05) is 0 Å². The van der Waals surface area contributed by atoms with E-state index in [4.69, 9.17) is 10.1 Å². The van der Waals surface area contributed by atoms with Crippen molar-refractivity contribution >= 4 is 6.21 Å². The smallest absolute Gasteiger partial charge is 0.127 e. The summed E-state index contributed by atoms with van der Waals surface area (Å²) in [7, 11) is 0. The Morgan fingerprint density at radius 2 is 2.42 bits per heavy atom. The van der Waals surface area contributed by atoms with Crippen molar-refractivity contribution in [3.63, 3.8) is 0 Å². The second-order valence-electron chi connectivity index (χ2n) is 3.05. The zero-order valence-corrected chi connectivity index (χ0v) is 7.47. The van der Waals surface area contributed by atoms with Crippen LogP contribution in [0.4, 0.5) is 0 Å². The first-order valence-corrected chi connectivity index (χ1v) is 4.38. The van der Waals surface area contributed by atoms with Gasteiger partial charge in [0.2, 0.25) is 0 Å². The van der Waals surface area contributed by atoms with Gasteiger partial charge in [0.25, 0.3) is 0 Å². The molecule has 3 nitrogen and oxygen atoms in total. The molecule has 0 bridgehead atoms. The second kappa shape index (κ2) is 4.93. The zero-order valence-electron chi connectivity index (χ0n) is 7.47. The molecule has 0 amide bonds. The average molecular weight is 168 g/mol. The Bertz CT molecular complexity index is 171. The molecule has 1 unspecified atom stereocenters. The Labute approximate surface area is 73.3 Å². The highest BCUT2D eigenvalue weighted by molar-refractivity contribution is 5.74. The summed E-state index contributed by atoms with van der Waals surface area (Å²) in [5, 5.41) is 10.1. The van der Waals surface area contributed by atoms with E-state index in [-0.39, 0.29) is 6.23 Å². The van der Waals surface area contributed by atoms with Crippen LogP contribution in [0.3, 0.4) is 0 Å². The van der Waals surface area contributed by atoms with Crippen molar-refractivity contribution in [3.05, 3.63) is 11.8 Å². The fraction of sp³-hybridized carbons (Fsp3) is 0.667. The van der Waals surface area contributed by atoms with E-state index < -0.39 is 0 Å². The Hall–Kier alpha value is -0.830. The van der Waals surface area contributed by atoms with Crippen LogP contribution in [0.2, 0.25) is 0 Å². The molecular formula is C9H16N2O. The Morgan fingerprint density at radius 3 is 3.00 bits per heavy atom. The van der Waals surface area contributed by atoms with Crippen LogP contribution < -0.4 is 5.32 Å². The molecule has 1 aliphatic heterocycles. The van der Waals surface area contributed by atoms with Gasteiger partial charge in [0.15, 0.2) is 0 Å². The van der Waals surface area contributed by atoms with Gasteiger partial charge in [-0.2, -0.15) is 0 Å². The first-order valence-electron chi connectivity index (χ1n) is 4.38. The molecule has 0 aromatic heterocycles. The molecule has 0 aliphatic carbocycles. The normalized spacial score (nSPS) is 25.1. The van der Waals surface area contributed by atoms with Gasteiger partial charge in [-0.25, -0.2) is 0 Å². The summed E-state index contributed by atoms with van der Waals surface area (Å²) in [6.45, 7) is 2.75. The standard InChI is InChI=1S/C9H16N2O/c1-8(6-10)7-11-9-4-2-3-5-12-9/h6-7,9-11H,2-5H2,1H3/b8-7-,10-6?. The summed E-state index contributed by atoms with van der Waals surface area (Å²) in [6.07, 6.45) is 6.80. The predicted molar refractivity (Wildman–Crippen MR) is 49.3 cm³/mol. The van der Waals surface area contributed by atoms with Crippen molar-refractivity contribution in [2.75, 3.05) is 6.61 Å². The van der Waals surface area contributed by atoms with E-state index in [2.05, 4.69) is 5.32 Å². The van der Waals surface area contributed by atoms with Crippen molar-refractivity contribution in [1.82, 2.24) is 5.32 Å². The van der Waals surface area contributed by atoms with Gasteiger partial charge in [-0.05, 0) is 31.8 Å². The zero-order chi connectivity index (χ0) is 8.81. The minimum atomic E-state index is 0.161. The van der Waals surface area contributed by atoms with Crippen molar-refractivity contribution in [1.29, 1.82) is 5.41 Å². The van der Waals surface area contributed by atoms with Crippen molar-refractivity contribution in [2.45, 2.75) is 32.4 Å². The quantitative estimate of drug-likeness (QED) is 0.629. The van der Waals surface area contributed by atoms with Gasteiger partial charge < -0.3 is 15.5 Å². The summed E-state index contributed by atoms with van der Waals surface area (Å²) < 4.78 is 5.44. The molecule has 3 heteroatoms. The van der Waals surface area contributed by atoms with E-state index in [1.54, 1.807) is 0 Å². The van der Waals surface area contributed by atoms with Gasteiger partial charge in [0.1, 0.15) is 6.23 Å². The highest BCUT2D eigenvalue weighted by atomic mass is 16.5. The van der Waals surface area contributed by atoms with E-state index in [1.165, 1.54) is 19.1 Å². The van der Waals surface area contributed by atoms with E-state index in [1.807, 2.05) is 13.1 Å². The highest BCUT2D eigenvalue weighted by Crippen LogP contribution is 2.09. The largest absolute Gasteiger partial charge is 0.366 e. The Kier molecular flexibility index (Phi) is 3.80. The van der Waals surface area contributed by atoms with Crippen LogP contribution in [0.1, 0.15) is 26.2 Å². The van der Waals surface area contributed by atoms with Gasteiger partial charge in [-0.15, -0.1) is 0 Å². The Morgan fingerprint density at radius 1 is 1.58 bits per heavy atom. The number of rotatable bonds is 3. The van der Waals surface area contributed by atoms with E-state index in [0.29, 0.717) is 0 Å². The van der Waals surface area contributed by atoms with Crippen molar-refractivity contribution < 1.29 is 4.74 Å². The number of ether oxygens (including phenoxy) is 1. The van der Waals surface area contributed by atoms with E-state index in [0.717, 1.165) is 18.6 Å². The van der Waals surface area contributed by atoms with Gasteiger partial charge >= 0.3 is 0 Å². The van der Waals surface area contributed by atoms with Crippen LogP contribution >= 0.6 is 0 Å². The van der Waals surface area contributed by atoms with Crippen LogP contribution in [-0.2, 0) is 4.74 Å². The molecule has 0 saturated carbocycles. The molecule has 1 heterocycles. The second-order valence-corrected chi connectivity index (χ2v) is 3.05. The number of hydrogen-bond acceptors (Lipinski definition) is 3. The first-order chi connectivity index (χ1) is 5.83. The molecule has 0 spiro atoms. The maximum absolute atomic E-state index is 6.95. The predicted octanol–water partition coefficient (Wildman–Crippen LogP) is 1.66.